The maximum atomic E-state index is 12.6. The molecule has 7 heteroatoms. The predicted molar refractivity (Wildman–Crippen MR) is 94.1 cm³/mol. The lowest BCUT2D eigenvalue weighted by Crippen LogP contribution is -2.45. The molecule has 0 radical (unpaired) electrons. The Labute approximate surface area is 153 Å². The molecule has 0 aliphatic carbocycles. The zero-order valence-corrected chi connectivity index (χ0v) is 15.0. The van der Waals surface area contributed by atoms with E-state index in [0.717, 1.165) is 50.9 Å². The second-order valence-corrected chi connectivity index (χ2v) is 7.57. The summed E-state index contributed by atoms with van der Waals surface area (Å²) in [4.78, 5) is 36.9. The Balaban J connectivity index is 1.28. The summed E-state index contributed by atoms with van der Waals surface area (Å²) in [6, 6.07) is 0. The molecule has 1 aromatic rings. The highest BCUT2D eigenvalue weighted by atomic mass is 16.5. The minimum absolute atomic E-state index is 0.00399. The van der Waals surface area contributed by atoms with E-state index in [0.29, 0.717) is 25.3 Å². The van der Waals surface area contributed by atoms with Gasteiger partial charge in [-0.15, -0.1) is 0 Å². The Kier molecular flexibility index (Phi) is 5.15. The first kappa shape index (κ1) is 17.4. The maximum absolute atomic E-state index is 12.6. The quantitative estimate of drug-likeness (QED) is 0.804. The molecular formula is C19H26N4O3. The highest BCUT2D eigenvalue weighted by molar-refractivity contribution is 5.81. The van der Waals surface area contributed by atoms with Gasteiger partial charge < -0.3 is 14.5 Å². The molecule has 3 saturated heterocycles. The van der Waals surface area contributed by atoms with Crippen molar-refractivity contribution in [2.75, 3.05) is 26.2 Å². The van der Waals surface area contributed by atoms with Crippen LogP contribution in [0.3, 0.4) is 0 Å². The molecular weight excluding hydrogens is 332 g/mol. The third kappa shape index (κ3) is 3.72. The number of carbonyl (C=O) groups excluding carboxylic acids is 2. The van der Waals surface area contributed by atoms with Crippen LogP contribution < -0.4 is 0 Å². The zero-order chi connectivity index (χ0) is 17.9. The Morgan fingerprint density at radius 2 is 1.88 bits per heavy atom. The summed E-state index contributed by atoms with van der Waals surface area (Å²) in [6.45, 7) is 3.10. The third-order valence-electron chi connectivity index (χ3n) is 5.84. The van der Waals surface area contributed by atoms with Crippen LogP contribution >= 0.6 is 0 Å². The number of piperidine rings is 1. The molecule has 26 heavy (non-hydrogen) atoms. The molecule has 3 aliphatic rings. The van der Waals surface area contributed by atoms with E-state index in [-0.39, 0.29) is 24.0 Å². The molecule has 3 fully saturated rings. The maximum Gasteiger partial charge on any atom is 0.251 e. The monoisotopic (exact) mass is 358 g/mol. The number of aryl methyl sites for hydroxylation is 1. The molecule has 7 nitrogen and oxygen atoms in total. The Morgan fingerprint density at radius 1 is 1.12 bits per heavy atom. The van der Waals surface area contributed by atoms with Gasteiger partial charge in [-0.25, -0.2) is 9.97 Å². The normalized spacial score (nSPS) is 28.2. The van der Waals surface area contributed by atoms with E-state index in [9.17, 15) is 9.59 Å². The lowest BCUT2D eigenvalue weighted by Gasteiger charge is -2.34. The van der Waals surface area contributed by atoms with Gasteiger partial charge in [-0.2, -0.15) is 0 Å². The Hall–Kier alpha value is -2.02. The van der Waals surface area contributed by atoms with Crippen molar-refractivity contribution in [3.05, 3.63) is 24.3 Å². The molecule has 2 amide bonds. The van der Waals surface area contributed by atoms with Gasteiger partial charge in [0.05, 0.1) is 6.10 Å². The van der Waals surface area contributed by atoms with Crippen LogP contribution in [0.1, 0.15) is 37.7 Å². The molecule has 4 heterocycles. The summed E-state index contributed by atoms with van der Waals surface area (Å²) in [5.41, 5.74) is 0.976. The highest BCUT2D eigenvalue weighted by Gasteiger charge is 2.43. The lowest BCUT2D eigenvalue weighted by atomic mass is 9.91. The molecule has 0 aromatic carbocycles. The average molecular weight is 358 g/mol. The summed E-state index contributed by atoms with van der Waals surface area (Å²) in [5.74, 6) is 0.696. The first-order valence-electron chi connectivity index (χ1n) is 9.66. The summed E-state index contributed by atoms with van der Waals surface area (Å²) >= 11 is 0. The molecule has 0 bridgehead atoms. The average Bonchev–Trinajstić information content (AvgIpc) is 3.35. The van der Waals surface area contributed by atoms with Gasteiger partial charge in [0.2, 0.25) is 5.91 Å². The number of carbonyl (C=O) groups is 2. The van der Waals surface area contributed by atoms with Gasteiger partial charge in [-0.1, -0.05) is 0 Å². The number of fused-ring (bicyclic) bond motifs is 1. The van der Waals surface area contributed by atoms with Crippen molar-refractivity contribution in [1.82, 2.24) is 19.8 Å². The number of hydrogen-bond donors (Lipinski definition) is 0. The summed E-state index contributed by atoms with van der Waals surface area (Å²) < 4.78 is 6.08. The van der Waals surface area contributed by atoms with Crippen LogP contribution in [0, 0.1) is 5.92 Å². The van der Waals surface area contributed by atoms with Crippen LogP contribution in [0.15, 0.2) is 18.7 Å². The fourth-order valence-corrected chi connectivity index (χ4v) is 4.33. The van der Waals surface area contributed by atoms with E-state index in [1.165, 1.54) is 6.33 Å². The van der Waals surface area contributed by atoms with Gasteiger partial charge in [-0.05, 0) is 43.6 Å². The van der Waals surface area contributed by atoms with Gasteiger partial charge >= 0.3 is 0 Å². The van der Waals surface area contributed by atoms with Gasteiger partial charge in [0.1, 0.15) is 12.4 Å². The van der Waals surface area contributed by atoms with Crippen LogP contribution in [-0.4, -0.2) is 70.0 Å². The zero-order valence-electron chi connectivity index (χ0n) is 15.0. The van der Waals surface area contributed by atoms with Crippen molar-refractivity contribution in [2.45, 2.75) is 50.7 Å². The minimum atomic E-state index is -0.306. The molecule has 0 N–H and O–H groups in total. The predicted octanol–water partition coefficient (Wildman–Crippen LogP) is 1.04. The van der Waals surface area contributed by atoms with E-state index < -0.39 is 0 Å². The number of ether oxygens (including phenoxy) is 1. The SMILES string of the molecule is O=C(CCc1cncnc1)N1CC[C@H]2C[C@H](C(=O)N3CCCC3)O[C@@H]2C1. The summed E-state index contributed by atoms with van der Waals surface area (Å²) in [7, 11) is 0. The standard InChI is InChI=1S/C19H26N4O3/c24-18(4-3-14-10-20-13-21-11-14)23-8-5-15-9-16(26-17(15)12-23)19(25)22-6-1-2-7-22/h10-11,13,15-17H,1-9,12H2/t15-,16+,17+/m0/s1. The molecule has 3 aliphatic heterocycles. The van der Waals surface area contributed by atoms with Gasteiger partial charge in [-0.3, -0.25) is 9.59 Å². The van der Waals surface area contributed by atoms with Gasteiger partial charge in [0, 0.05) is 45.0 Å². The van der Waals surface area contributed by atoms with E-state index in [4.69, 9.17) is 4.74 Å². The lowest BCUT2D eigenvalue weighted by molar-refractivity contribution is -0.144. The summed E-state index contributed by atoms with van der Waals surface area (Å²) in [5, 5.41) is 0. The number of nitrogens with zero attached hydrogens (tertiary/aromatic N) is 4. The first-order chi connectivity index (χ1) is 12.7. The van der Waals surface area contributed by atoms with Crippen molar-refractivity contribution in [3.8, 4) is 0 Å². The molecule has 0 saturated carbocycles. The second-order valence-electron chi connectivity index (χ2n) is 7.57. The minimum Gasteiger partial charge on any atom is -0.363 e. The van der Waals surface area contributed by atoms with Crippen molar-refractivity contribution in [3.63, 3.8) is 0 Å². The number of amides is 2. The topological polar surface area (TPSA) is 75.6 Å². The van der Waals surface area contributed by atoms with Crippen molar-refractivity contribution < 1.29 is 14.3 Å². The fraction of sp³-hybridized carbons (Fsp3) is 0.684. The summed E-state index contributed by atoms with van der Waals surface area (Å²) in [6.07, 6.45) is 9.74. The van der Waals surface area contributed by atoms with Crippen molar-refractivity contribution in [2.24, 2.45) is 5.92 Å². The first-order valence-corrected chi connectivity index (χ1v) is 9.66. The van der Waals surface area contributed by atoms with E-state index in [1.54, 1.807) is 12.4 Å². The molecule has 0 spiro atoms. The fourth-order valence-electron chi connectivity index (χ4n) is 4.33. The van der Waals surface area contributed by atoms with Crippen molar-refractivity contribution >= 4 is 11.8 Å². The van der Waals surface area contributed by atoms with Crippen LogP contribution in [0.25, 0.3) is 0 Å². The molecule has 4 rings (SSSR count). The van der Waals surface area contributed by atoms with Crippen LogP contribution in [0.2, 0.25) is 0 Å². The van der Waals surface area contributed by atoms with Crippen LogP contribution in [-0.2, 0) is 20.7 Å². The Morgan fingerprint density at radius 3 is 2.65 bits per heavy atom. The number of rotatable bonds is 4. The highest BCUT2D eigenvalue weighted by Crippen LogP contribution is 2.34. The number of likely N-dealkylation sites (tertiary alicyclic amines) is 2. The van der Waals surface area contributed by atoms with Crippen LogP contribution in [0.4, 0.5) is 0 Å². The van der Waals surface area contributed by atoms with E-state index in [1.807, 2.05) is 9.80 Å². The molecule has 140 valence electrons. The molecule has 1 aromatic heterocycles. The van der Waals surface area contributed by atoms with Crippen LogP contribution in [0.5, 0.6) is 0 Å². The third-order valence-corrected chi connectivity index (χ3v) is 5.84. The van der Waals surface area contributed by atoms with E-state index >= 15 is 0 Å². The molecule has 0 unspecified atom stereocenters. The van der Waals surface area contributed by atoms with Gasteiger partial charge in [0.15, 0.2) is 0 Å². The van der Waals surface area contributed by atoms with Gasteiger partial charge in [0.25, 0.3) is 5.91 Å². The number of hydrogen-bond acceptors (Lipinski definition) is 5. The Bertz CT molecular complexity index is 647. The largest absolute Gasteiger partial charge is 0.363 e. The second kappa shape index (κ2) is 7.70. The van der Waals surface area contributed by atoms with E-state index in [2.05, 4.69) is 9.97 Å². The van der Waals surface area contributed by atoms with Crippen molar-refractivity contribution in [1.29, 1.82) is 0 Å². The molecule has 3 atom stereocenters. The smallest absolute Gasteiger partial charge is 0.251 e. The number of aromatic nitrogens is 2.